The van der Waals surface area contributed by atoms with Crippen LogP contribution in [0.2, 0.25) is 0 Å². The van der Waals surface area contributed by atoms with Gasteiger partial charge < -0.3 is 20.7 Å². The van der Waals surface area contributed by atoms with Crippen LogP contribution in [0, 0.1) is 0 Å². The van der Waals surface area contributed by atoms with E-state index in [1.165, 1.54) is 0 Å². The van der Waals surface area contributed by atoms with Gasteiger partial charge in [0, 0.05) is 22.5 Å². The fourth-order valence-corrected chi connectivity index (χ4v) is 2.54. The van der Waals surface area contributed by atoms with E-state index in [2.05, 4.69) is 16.0 Å². The van der Waals surface area contributed by atoms with Crippen molar-refractivity contribution < 1.29 is 19.1 Å². The van der Waals surface area contributed by atoms with Gasteiger partial charge in [0.05, 0.1) is 18.7 Å². The average molecular weight is 412 g/mol. The number of rotatable bonds is 8. The summed E-state index contributed by atoms with van der Waals surface area (Å²) in [6.45, 7) is 8.08. The van der Waals surface area contributed by atoms with Crippen LogP contribution in [0.4, 0.5) is 11.4 Å². The van der Waals surface area contributed by atoms with Crippen molar-refractivity contribution in [2.75, 3.05) is 23.8 Å². The van der Waals surface area contributed by atoms with Crippen LogP contribution in [0.15, 0.2) is 48.5 Å². The first-order valence-corrected chi connectivity index (χ1v) is 9.91. The second-order valence-electron chi connectivity index (χ2n) is 7.90. The molecule has 2 aromatic rings. The van der Waals surface area contributed by atoms with Gasteiger partial charge in [-0.1, -0.05) is 13.0 Å². The van der Waals surface area contributed by atoms with Gasteiger partial charge in [-0.15, -0.1) is 0 Å². The molecule has 7 nitrogen and oxygen atoms in total. The van der Waals surface area contributed by atoms with E-state index in [1.807, 2.05) is 27.7 Å². The highest BCUT2D eigenvalue weighted by atomic mass is 16.5. The van der Waals surface area contributed by atoms with Crippen LogP contribution in [0.25, 0.3) is 0 Å². The van der Waals surface area contributed by atoms with Crippen LogP contribution in [0.5, 0.6) is 0 Å². The van der Waals surface area contributed by atoms with Gasteiger partial charge in [0.2, 0.25) is 5.91 Å². The van der Waals surface area contributed by atoms with E-state index in [-0.39, 0.29) is 29.9 Å². The SMILES string of the molecule is CCCOC(=O)c1ccc(NC(=O)CNc2cccc(C(=O)NC(C)(C)C)c2)cc1. The number of anilines is 2. The van der Waals surface area contributed by atoms with Crippen LogP contribution >= 0.6 is 0 Å². The molecule has 0 aliphatic rings. The molecule has 0 aliphatic carbocycles. The Morgan fingerprint density at radius 1 is 0.933 bits per heavy atom. The number of hydrogen-bond acceptors (Lipinski definition) is 5. The molecule has 0 radical (unpaired) electrons. The summed E-state index contributed by atoms with van der Waals surface area (Å²) in [6, 6.07) is 13.5. The number of ether oxygens (including phenoxy) is 1. The summed E-state index contributed by atoms with van der Waals surface area (Å²) in [5.41, 5.74) is 1.86. The highest BCUT2D eigenvalue weighted by molar-refractivity contribution is 5.97. The summed E-state index contributed by atoms with van der Waals surface area (Å²) in [4.78, 5) is 36.3. The molecular weight excluding hydrogens is 382 g/mol. The normalized spacial score (nSPS) is 10.8. The number of carbonyl (C=O) groups excluding carboxylic acids is 3. The van der Waals surface area contributed by atoms with Crippen LogP contribution in [0.1, 0.15) is 54.8 Å². The highest BCUT2D eigenvalue weighted by Gasteiger charge is 2.15. The minimum absolute atomic E-state index is 0.0324. The lowest BCUT2D eigenvalue weighted by molar-refractivity contribution is -0.114. The molecule has 0 saturated carbocycles. The zero-order valence-electron chi connectivity index (χ0n) is 17.9. The lowest BCUT2D eigenvalue weighted by Crippen LogP contribution is -2.40. The molecule has 0 atom stereocenters. The minimum Gasteiger partial charge on any atom is -0.462 e. The molecule has 30 heavy (non-hydrogen) atoms. The molecule has 0 aromatic heterocycles. The first kappa shape index (κ1) is 22.9. The highest BCUT2D eigenvalue weighted by Crippen LogP contribution is 2.13. The molecule has 2 aromatic carbocycles. The topological polar surface area (TPSA) is 96.5 Å². The van der Waals surface area contributed by atoms with Crippen LogP contribution in [0.3, 0.4) is 0 Å². The second-order valence-corrected chi connectivity index (χ2v) is 7.90. The maximum Gasteiger partial charge on any atom is 0.338 e. The van der Waals surface area contributed by atoms with Crippen molar-refractivity contribution in [1.82, 2.24) is 5.32 Å². The zero-order chi connectivity index (χ0) is 22.1. The van der Waals surface area contributed by atoms with E-state index < -0.39 is 0 Å². The molecular formula is C23H29N3O4. The zero-order valence-corrected chi connectivity index (χ0v) is 17.9. The molecule has 0 heterocycles. The Balaban J connectivity index is 1.88. The number of amides is 2. The molecule has 160 valence electrons. The van der Waals surface area contributed by atoms with Crippen molar-refractivity contribution in [2.24, 2.45) is 0 Å². The maximum absolute atomic E-state index is 12.3. The smallest absolute Gasteiger partial charge is 0.338 e. The summed E-state index contributed by atoms with van der Waals surface area (Å²) in [5.74, 6) is -0.805. The first-order valence-electron chi connectivity index (χ1n) is 9.91. The Kier molecular flexibility index (Phi) is 7.98. The average Bonchev–Trinajstić information content (AvgIpc) is 2.70. The summed E-state index contributed by atoms with van der Waals surface area (Å²) in [6.07, 6.45) is 0.761. The summed E-state index contributed by atoms with van der Waals surface area (Å²) in [5, 5.41) is 8.67. The molecule has 0 bridgehead atoms. The number of hydrogen-bond donors (Lipinski definition) is 3. The number of carbonyl (C=O) groups is 3. The second kappa shape index (κ2) is 10.4. The molecule has 0 fully saturated rings. The van der Waals surface area contributed by atoms with Gasteiger partial charge in [0.1, 0.15) is 0 Å². The van der Waals surface area contributed by atoms with Gasteiger partial charge in [-0.05, 0) is 69.7 Å². The van der Waals surface area contributed by atoms with Crippen LogP contribution < -0.4 is 16.0 Å². The summed E-state index contributed by atoms with van der Waals surface area (Å²) >= 11 is 0. The minimum atomic E-state index is -0.383. The molecule has 0 spiro atoms. The molecule has 7 heteroatoms. The van der Waals surface area contributed by atoms with Crippen molar-refractivity contribution in [1.29, 1.82) is 0 Å². The van der Waals surface area contributed by atoms with Crippen molar-refractivity contribution in [3.63, 3.8) is 0 Å². The number of benzene rings is 2. The van der Waals surface area contributed by atoms with Gasteiger partial charge in [0.25, 0.3) is 5.91 Å². The predicted octanol–water partition coefficient (Wildman–Crippen LogP) is 3.83. The van der Waals surface area contributed by atoms with Crippen molar-refractivity contribution in [3.8, 4) is 0 Å². The van der Waals surface area contributed by atoms with Gasteiger partial charge in [0.15, 0.2) is 0 Å². The molecule has 2 rings (SSSR count). The third-order valence-corrected chi connectivity index (χ3v) is 3.91. The van der Waals surface area contributed by atoms with Crippen LogP contribution in [-0.2, 0) is 9.53 Å². The van der Waals surface area contributed by atoms with E-state index in [0.717, 1.165) is 6.42 Å². The van der Waals surface area contributed by atoms with E-state index in [4.69, 9.17) is 4.74 Å². The van der Waals surface area contributed by atoms with E-state index in [0.29, 0.717) is 29.1 Å². The molecule has 0 unspecified atom stereocenters. The van der Waals surface area contributed by atoms with E-state index in [9.17, 15) is 14.4 Å². The maximum atomic E-state index is 12.3. The van der Waals surface area contributed by atoms with E-state index >= 15 is 0 Å². The third-order valence-electron chi connectivity index (χ3n) is 3.91. The fraction of sp³-hybridized carbons (Fsp3) is 0.348. The summed E-state index contributed by atoms with van der Waals surface area (Å²) in [7, 11) is 0. The van der Waals surface area contributed by atoms with Crippen molar-refractivity contribution in [2.45, 2.75) is 39.7 Å². The quantitative estimate of drug-likeness (QED) is 0.574. The lowest BCUT2D eigenvalue weighted by Gasteiger charge is -2.20. The molecule has 3 N–H and O–H groups in total. The Labute approximate surface area is 177 Å². The third kappa shape index (κ3) is 7.58. The van der Waals surface area contributed by atoms with Crippen molar-refractivity contribution in [3.05, 3.63) is 59.7 Å². The molecule has 2 amide bonds. The van der Waals surface area contributed by atoms with Gasteiger partial charge in [-0.3, -0.25) is 9.59 Å². The number of esters is 1. The van der Waals surface area contributed by atoms with Crippen molar-refractivity contribution >= 4 is 29.2 Å². The van der Waals surface area contributed by atoms with E-state index in [1.54, 1.807) is 48.5 Å². The fourth-order valence-electron chi connectivity index (χ4n) is 2.54. The predicted molar refractivity (Wildman–Crippen MR) is 118 cm³/mol. The van der Waals surface area contributed by atoms with Gasteiger partial charge in [-0.2, -0.15) is 0 Å². The largest absolute Gasteiger partial charge is 0.462 e. The molecule has 0 aliphatic heterocycles. The molecule has 0 saturated heterocycles. The Morgan fingerprint density at radius 3 is 2.27 bits per heavy atom. The van der Waals surface area contributed by atoms with Gasteiger partial charge >= 0.3 is 5.97 Å². The Hall–Kier alpha value is -3.35. The Bertz CT molecular complexity index is 886. The Morgan fingerprint density at radius 2 is 1.63 bits per heavy atom. The first-order chi connectivity index (χ1) is 14.2. The summed E-state index contributed by atoms with van der Waals surface area (Å²) < 4.78 is 5.07. The number of nitrogens with one attached hydrogen (secondary N) is 3. The monoisotopic (exact) mass is 411 g/mol. The van der Waals surface area contributed by atoms with Gasteiger partial charge in [-0.25, -0.2) is 4.79 Å². The van der Waals surface area contributed by atoms with Crippen LogP contribution in [-0.4, -0.2) is 36.5 Å². The lowest BCUT2D eigenvalue weighted by atomic mass is 10.1. The standard InChI is InChI=1S/C23H29N3O4/c1-5-13-30-22(29)16-9-11-18(12-10-16)25-20(27)15-24-19-8-6-7-17(14-19)21(28)26-23(2,3)4/h6-12,14,24H,5,13,15H2,1-4H3,(H,25,27)(H,26,28).